The summed E-state index contributed by atoms with van der Waals surface area (Å²) in [6.07, 6.45) is 4.77. The maximum atomic E-state index is 6.39. The Balaban J connectivity index is 2.36. The summed E-state index contributed by atoms with van der Waals surface area (Å²) in [5.74, 6) is 6.39. The fourth-order valence-electron chi connectivity index (χ4n) is 2.91. The van der Waals surface area contributed by atoms with E-state index in [1.807, 2.05) is 17.1 Å². The zero-order valence-corrected chi connectivity index (χ0v) is 13.4. The maximum Gasteiger partial charge on any atom is 0.0828 e. The summed E-state index contributed by atoms with van der Waals surface area (Å²) in [6.45, 7) is 6.48. The summed E-state index contributed by atoms with van der Waals surface area (Å²) >= 11 is 0. The van der Waals surface area contributed by atoms with Crippen LogP contribution in [-0.2, 0) is 0 Å². The number of nitrogens with two attached hydrogens (primary N) is 2. The number of hydrazine groups is 1. The molecule has 0 aromatic heterocycles. The van der Waals surface area contributed by atoms with Gasteiger partial charge in [-0.1, -0.05) is 50.5 Å². The van der Waals surface area contributed by atoms with Gasteiger partial charge in [-0.25, -0.2) is 5.84 Å². The Bertz CT molecular complexity index is 607. The number of hydrogen-bond donors (Lipinski definition) is 2. The number of unbranched alkanes of at least 4 members (excludes halogenated alkanes) is 2. The largest absolute Gasteiger partial charge is 0.397 e. The first-order valence-corrected chi connectivity index (χ1v) is 7.88. The van der Waals surface area contributed by atoms with E-state index < -0.39 is 0 Å². The number of anilines is 2. The van der Waals surface area contributed by atoms with Crippen molar-refractivity contribution in [3.63, 3.8) is 0 Å². The van der Waals surface area contributed by atoms with Crippen LogP contribution in [0.1, 0.15) is 45.1 Å². The molecule has 114 valence electrons. The van der Waals surface area contributed by atoms with Gasteiger partial charge in [0.25, 0.3) is 0 Å². The van der Waals surface area contributed by atoms with Gasteiger partial charge < -0.3 is 10.7 Å². The van der Waals surface area contributed by atoms with Gasteiger partial charge in [-0.2, -0.15) is 0 Å². The van der Waals surface area contributed by atoms with Crippen molar-refractivity contribution in [3.05, 3.63) is 35.9 Å². The Kier molecular flexibility index (Phi) is 5.07. The van der Waals surface area contributed by atoms with E-state index in [0.717, 1.165) is 23.2 Å². The minimum Gasteiger partial charge on any atom is -0.397 e. The van der Waals surface area contributed by atoms with Crippen molar-refractivity contribution in [2.24, 2.45) is 5.84 Å². The van der Waals surface area contributed by atoms with E-state index in [2.05, 4.69) is 39.0 Å². The Morgan fingerprint density at radius 3 is 2.48 bits per heavy atom. The zero-order valence-electron chi connectivity index (χ0n) is 13.4. The van der Waals surface area contributed by atoms with Crippen LogP contribution in [0.5, 0.6) is 0 Å². The van der Waals surface area contributed by atoms with Crippen molar-refractivity contribution < 1.29 is 0 Å². The highest BCUT2D eigenvalue weighted by Crippen LogP contribution is 2.35. The van der Waals surface area contributed by atoms with Crippen LogP contribution in [0.25, 0.3) is 10.8 Å². The lowest BCUT2D eigenvalue weighted by molar-refractivity contribution is 0.555. The third-order valence-corrected chi connectivity index (χ3v) is 4.21. The minimum atomic E-state index is 0.282. The molecule has 0 bridgehead atoms. The molecule has 2 rings (SSSR count). The van der Waals surface area contributed by atoms with E-state index in [1.54, 1.807) is 0 Å². The van der Waals surface area contributed by atoms with Gasteiger partial charge in [0.1, 0.15) is 0 Å². The van der Waals surface area contributed by atoms with E-state index in [1.165, 1.54) is 30.2 Å². The molecule has 0 spiro atoms. The molecule has 0 aliphatic carbocycles. The molecule has 0 aliphatic rings. The lowest BCUT2D eigenvalue weighted by atomic mass is 10.0. The van der Waals surface area contributed by atoms with Gasteiger partial charge >= 0.3 is 0 Å². The third-order valence-electron chi connectivity index (χ3n) is 4.21. The number of rotatable bonds is 6. The average molecular weight is 285 g/mol. The smallest absolute Gasteiger partial charge is 0.0828 e. The van der Waals surface area contributed by atoms with Gasteiger partial charge in [0.05, 0.1) is 11.4 Å². The molecule has 2 aromatic rings. The lowest BCUT2D eigenvalue weighted by Gasteiger charge is -2.29. The van der Waals surface area contributed by atoms with Crippen molar-refractivity contribution in [1.82, 2.24) is 0 Å². The SMILES string of the molecule is CCCCCC(C)N(N)c1c(N)cc(C)c2ccccc12. The van der Waals surface area contributed by atoms with Gasteiger partial charge in [0.15, 0.2) is 0 Å². The number of benzene rings is 2. The van der Waals surface area contributed by atoms with E-state index in [9.17, 15) is 0 Å². The van der Waals surface area contributed by atoms with Crippen molar-refractivity contribution in [3.8, 4) is 0 Å². The van der Waals surface area contributed by atoms with Crippen molar-refractivity contribution >= 4 is 22.1 Å². The van der Waals surface area contributed by atoms with E-state index >= 15 is 0 Å². The molecule has 3 heteroatoms. The van der Waals surface area contributed by atoms with Crippen molar-refractivity contribution in [1.29, 1.82) is 0 Å². The van der Waals surface area contributed by atoms with Crippen LogP contribution in [0.2, 0.25) is 0 Å². The monoisotopic (exact) mass is 285 g/mol. The highest BCUT2D eigenvalue weighted by Gasteiger charge is 2.17. The molecule has 0 aliphatic heterocycles. The zero-order chi connectivity index (χ0) is 15.4. The molecule has 3 nitrogen and oxygen atoms in total. The van der Waals surface area contributed by atoms with Gasteiger partial charge in [-0.15, -0.1) is 0 Å². The minimum absolute atomic E-state index is 0.282. The maximum absolute atomic E-state index is 6.39. The molecular formula is C18H27N3. The van der Waals surface area contributed by atoms with Gasteiger partial charge in [0.2, 0.25) is 0 Å². The van der Waals surface area contributed by atoms with Crippen LogP contribution in [-0.4, -0.2) is 6.04 Å². The summed E-state index contributed by atoms with van der Waals surface area (Å²) < 4.78 is 0. The highest BCUT2D eigenvalue weighted by atomic mass is 15.4. The van der Waals surface area contributed by atoms with Gasteiger partial charge in [-0.05, 0) is 37.3 Å². The molecule has 0 saturated heterocycles. The molecule has 1 unspecified atom stereocenters. The van der Waals surface area contributed by atoms with E-state index in [0.29, 0.717) is 0 Å². The first-order valence-electron chi connectivity index (χ1n) is 7.88. The summed E-state index contributed by atoms with van der Waals surface area (Å²) in [6, 6.07) is 10.6. The molecule has 0 fully saturated rings. The summed E-state index contributed by atoms with van der Waals surface area (Å²) in [7, 11) is 0. The van der Waals surface area contributed by atoms with Gasteiger partial charge in [0, 0.05) is 11.4 Å². The second-order valence-corrected chi connectivity index (χ2v) is 5.93. The summed E-state index contributed by atoms with van der Waals surface area (Å²) in [5, 5.41) is 4.21. The fourth-order valence-corrected chi connectivity index (χ4v) is 2.91. The molecular weight excluding hydrogens is 258 g/mol. The van der Waals surface area contributed by atoms with Gasteiger partial charge in [-0.3, -0.25) is 0 Å². The highest BCUT2D eigenvalue weighted by molar-refractivity contribution is 6.01. The molecule has 0 radical (unpaired) electrons. The lowest BCUT2D eigenvalue weighted by Crippen LogP contribution is -2.40. The Hall–Kier alpha value is -1.74. The molecule has 0 amide bonds. The molecule has 21 heavy (non-hydrogen) atoms. The van der Waals surface area contributed by atoms with Crippen LogP contribution < -0.4 is 16.6 Å². The number of nitrogens with zero attached hydrogens (tertiary/aromatic N) is 1. The Labute approximate surface area is 127 Å². The fraction of sp³-hybridized carbons (Fsp3) is 0.444. The molecule has 4 N–H and O–H groups in total. The quantitative estimate of drug-likeness (QED) is 0.358. The summed E-state index contributed by atoms with van der Waals surface area (Å²) in [5.41, 5.74) is 9.17. The van der Waals surface area contributed by atoms with E-state index in [4.69, 9.17) is 11.6 Å². The Morgan fingerprint density at radius 2 is 1.81 bits per heavy atom. The second kappa shape index (κ2) is 6.81. The first-order chi connectivity index (χ1) is 10.1. The number of nitrogen functional groups attached to an aromatic ring is 1. The normalized spacial score (nSPS) is 12.6. The molecule has 0 heterocycles. The number of hydrogen-bond acceptors (Lipinski definition) is 3. The van der Waals surface area contributed by atoms with Crippen LogP contribution >= 0.6 is 0 Å². The molecule has 2 aromatic carbocycles. The topological polar surface area (TPSA) is 55.3 Å². The molecule has 1 atom stereocenters. The van der Waals surface area contributed by atoms with Crippen LogP contribution in [0.3, 0.4) is 0 Å². The van der Waals surface area contributed by atoms with Crippen LogP contribution in [0.4, 0.5) is 11.4 Å². The Morgan fingerprint density at radius 1 is 1.14 bits per heavy atom. The number of fused-ring (bicyclic) bond motifs is 1. The van der Waals surface area contributed by atoms with Crippen LogP contribution in [0.15, 0.2) is 30.3 Å². The predicted octanol–water partition coefficient (Wildman–Crippen LogP) is 4.38. The summed E-state index contributed by atoms with van der Waals surface area (Å²) in [4.78, 5) is 0. The second-order valence-electron chi connectivity index (χ2n) is 5.93. The van der Waals surface area contributed by atoms with Crippen molar-refractivity contribution in [2.75, 3.05) is 10.7 Å². The first kappa shape index (κ1) is 15.6. The standard InChI is InChI=1S/C18H27N3/c1-4-5-6-9-14(3)21(20)18-16-11-8-7-10-15(16)13(2)12-17(18)19/h7-8,10-12,14H,4-6,9,19-20H2,1-3H3. The average Bonchev–Trinajstić information content (AvgIpc) is 2.47. The van der Waals surface area contributed by atoms with E-state index in [-0.39, 0.29) is 6.04 Å². The predicted molar refractivity (Wildman–Crippen MR) is 93.4 cm³/mol. The number of aryl methyl sites for hydroxylation is 1. The molecule has 0 saturated carbocycles. The van der Waals surface area contributed by atoms with Crippen LogP contribution in [0, 0.1) is 6.92 Å². The third kappa shape index (κ3) is 3.30. The van der Waals surface area contributed by atoms with Crippen molar-refractivity contribution in [2.45, 2.75) is 52.5 Å².